The van der Waals surface area contributed by atoms with Crippen LogP contribution in [0, 0.1) is 0 Å². The predicted molar refractivity (Wildman–Crippen MR) is 117 cm³/mol. The van der Waals surface area contributed by atoms with Crippen LogP contribution in [-0.4, -0.2) is 55.7 Å². The molecule has 1 saturated carbocycles. The minimum atomic E-state index is 0.0809. The summed E-state index contributed by atoms with van der Waals surface area (Å²) in [5.41, 5.74) is 2.60. The Morgan fingerprint density at radius 2 is 1.97 bits per heavy atom. The molecule has 0 bridgehead atoms. The van der Waals surface area contributed by atoms with Crippen molar-refractivity contribution in [2.24, 2.45) is 4.99 Å². The number of nitrogens with one attached hydrogen (secondary N) is 2. The van der Waals surface area contributed by atoms with Crippen LogP contribution in [0.4, 0.5) is 0 Å². The first-order valence-electron chi connectivity index (χ1n) is 11.2. The van der Waals surface area contributed by atoms with Crippen LogP contribution in [0.25, 0.3) is 0 Å². The van der Waals surface area contributed by atoms with Gasteiger partial charge in [0.15, 0.2) is 5.96 Å². The van der Waals surface area contributed by atoms with E-state index < -0.39 is 0 Å². The molecule has 0 radical (unpaired) electrons. The molecule has 29 heavy (non-hydrogen) atoms. The molecule has 1 aliphatic heterocycles. The van der Waals surface area contributed by atoms with E-state index in [4.69, 9.17) is 4.74 Å². The number of aliphatic imine (C=N–C) groups is 1. The maximum absolute atomic E-state index is 12.6. The Balaban J connectivity index is 1.38. The average molecular weight is 401 g/mol. The van der Waals surface area contributed by atoms with Crippen LogP contribution < -0.4 is 10.6 Å². The van der Waals surface area contributed by atoms with E-state index in [1.165, 1.54) is 43.2 Å². The fraction of sp³-hybridized carbons (Fsp3) is 0.652. The zero-order valence-corrected chi connectivity index (χ0v) is 17.8. The molecule has 0 unspecified atom stereocenters. The van der Waals surface area contributed by atoms with Crippen LogP contribution in [0.1, 0.15) is 56.6 Å². The number of hydrogen-bond acceptors (Lipinski definition) is 3. The number of ether oxygens (including phenoxy) is 1. The first-order valence-corrected chi connectivity index (χ1v) is 11.2. The van der Waals surface area contributed by atoms with Gasteiger partial charge in [-0.05, 0) is 43.7 Å². The van der Waals surface area contributed by atoms with Gasteiger partial charge in [-0.3, -0.25) is 4.79 Å². The monoisotopic (exact) mass is 400 g/mol. The SMILES string of the molecule is CCNC(=NCC(=O)N1CCc2ccccc2C1)NCCCOC1CCCCC1. The number of fused-ring (bicyclic) bond motifs is 1. The van der Waals surface area contributed by atoms with Gasteiger partial charge in [0, 0.05) is 32.8 Å². The lowest BCUT2D eigenvalue weighted by atomic mass is 9.98. The molecule has 0 saturated heterocycles. The Morgan fingerprint density at radius 3 is 2.76 bits per heavy atom. The minimum absolute atomic E-state index is 0.0809. The van der Waals surface area contributed by atoms with E-state index in [0.717, 1.165) is 39.1 Å². The highest BCUT2D eigenvalue weighted by Crippen LogP contribution is 2.20. The highest BCUT2D eigenvalue weighted by atomic mass is 16.5. The Hall–Kier alpha value is -2.08. The summed E-state index contributed by atoms with van der Waals surface area (Å²) in [7, 11) is 0. The summed E-state index contributed by atoms with van der Waals surface area (Å²) < 4.78 is 5.97. The Kier molecular flexibility index (Phi) is 8.81. The smallest absolute Gasteiger partial charge is 0.244 e. The van der Waals surface area contributed by atoms with Gasteiger partial charge < -0.3 is 20.3 Å². The molecule has 1 aliphatic carbocycles. The fourth-order valence-electron chi connectivity index (χ4n) is 4.06. The van der Waals surface area contributed by atoms with Crippen molar-refractivity contribution in [3.63, 3.8) is 0 Å². The molecule has 3 rings (SSSR count). The van der Waals surface area contributed by atoms with Crippen molar-refractivity contribution in [2.45, 2.75) is 64.5 Å². The van der Waals surface area contributed by atoms with E-state index >= 15 is 0 Å². The standard InChI is InChI=1S/C23H36N4O2/c1-2-24-23(25-14-8-16-29-21-11-4-3-5-12-21)26-17-22(28)27-15-13-19-9-6-7-10-20(19)18-27/h6-7,9-10,21H,2-5,8,11-18H2,1H3,(H2,24,25,26). The summed E-state index contributed by atoms with van der Waals surface area (Å²) in [6.45, 7) is 6.02. The van der Waals surface area contributed by atoms with Crippen molar-refractivity contribution < 1.29 is 9.53 Å². The molecular weight excluding hydrogens is 364 g/mol. The zero-order chi connectivity index (χ0) is 20.3. The quantitative estimate of drug-likeness (QED) is 0.400. The number of benzene rings is 1. The number of nitrogens with zero attached hydrogens (tertiary/aromatic N) is 2. The normalized spacial score (nSPS) is 17.7. The van der Waals surface area contributed by atoms with Crippen molar-refractivity contribution in [2.75, 3.05) is 32.8 Å². The van der Waals surface area contributed by atoms with E-state index in [1.54, 1.807) is 0 Å². The maximum atomic E-state index is 12.6. The largest absolute Gasteiger partial charge is 0.378 e. The van der Waals surface area contributed by atoms with Crippen LogP contribution in [-0.2, 0) is 22.5 Å². The number of amides is 1. The van der Waals surface area contributed by atoms with Gasteiger partial charge in [-0.2, -0.15) is 0 Å². The summed E-state index contributed by atoms with van der Waals surface area (Å²) >= 11 is 0. The van der Waals surface area contributed by atoms with Crippen molar-refractivity contribution >= 4 is 11.9 Å². The third kappa shape index (κ3) is 7.03. The zero-order valence-electron chi connectivity index (χ0n) is 17.8. The number of guanidine groups is 1. The van der Waals surface area contributed by atoms with Gasteiger partial charge in [0.2, 0.25) is 5.91 Å². The van der Waals surface area contributed by atoms with Gasteiger partial charge in [-0.15, -0.1) is 0 Å². The molecule has 1 aromatic carbocycles. The second kappa shape index (κ2) is 11.8. The summed E-state index contributed by atoms with van der Waals surface area (Å²) in [6, 6.07) is 8.37. The lowest BCUT2D eigenvalue weighted by Crippen LogP contribution is -2.41. The van der Waals surface area contributed by atoms with E-state index in [9.17, 15) is 4.79 Å². The third-order valence-electron chi connectivity index (χ3n) is 5.72. The first kappa shape index (κ1) is 21.6. The lowest BCUT2D eigenvalue weighted by molar-refractivity contribution is -0.130. The van der Waals surface area contributed by atoms with Crippen LogP contribution in [0.2, 0.25) is 0 Å². The molecule has 1 fully saturated rings. The van der Waals surface area contributed by atoms with Gasteiger partial charge in [0.1, 0.15) is 6.54 Å². The first-order chi connectivity index (χ1) is 14.3. The topological polar surface area (TPSA) is 66.0 Å². The number of rotatable bonds is 8. The summed E-state index contributed by atoms with van der Waals surface area (Å²) in [6.07, 6.45) is 8.70. The van der Waals surface area contributed by atoms with Crippen molar-refractivity contribution in [3.05, 3.63) is 35.4 Å². The summed E-state index contributed by atoms with van der Waals surface area (Å²) in [5, 5.41) is 6.54. The highest BCUT2D eigenvalue weighted by molar-refractivity contribution is 5.85. The van der Waals surface area contributed by atoms with Crippen LogP contribution in [0.3, 0.4) is 0 Å². The second-order valence-corrected chi connectivity index (χ2v) is 7.94. The van der Waals surface area contributed by atoms with E-state index in [-0.39, 0.29) is 12.5 Å². The van der Waals surface area contributed by atoms with Gasteiger partial charge >= 0.3 is 0 Å². The van der Waals surface area contributed by atoms with Gasteiger partial charge in [-0.25, -0.2) is 4.99 Å². The van der Waals surface area contributed by atoms with E-state index in [2.05, 4.69) is 33.8 Å². The summed E-state index contributed by atoms with van der Waals surface area (Å²) in [5.74, 6) is 0.785. The molecule has 1 heterocycles. The number of carbonyl (C=O) groups is 1. The van der Waals surface area contributed by atoms with E-state index in [1.807, 2.05) is 17.9 Å². The molecule has 0 spiro atoms. The van der Waals surface area contributed by atoms with E-state index in [0.29, 0.717) is 18.6 Å². The highest BCUT2D eigenvalue weighted by Gasteiger charge is 2.20. The molecule has 1 aromatic rings. The molecule has 1 amide bonds. The Bertz CT molecular complexity index is 671. The van der Waals surface area contributed by atoms with Crippen LogP contribution in [0.15, 0.2) is 29.3 Å². The van der Waals surface area contributed by atoms with Gasteiger partial charge in [0.05, 0.1) is 6.10 Å². The third-order valence-corrected chi connectivity index (χ3v) is 5.72. The Morgan fingerprint density at radius 1 is 1.17 bits per heavy atom. The molecular formula is C23H36N4O2. The second-order valence-electron chi connectivity index (χ2n) is 7.94. The lowest BCUT2D eigenvalue weighted by Gasteiger charge is -2.28. The van der Waals surface area contributed by atoms with Crippen molar-refractivity contribution in [1.29, 1.82) is 0 Å². The number of hydrogen-bond donors (Lipinski definition) is 2. The molecule has 160 valence electrons. The molecule has 2 N–H and O–H groups in total. The van der Waals surface area contributed by atoms with Crippen LogP contribution >= 0.6 is 0 Å². The average Bonchev–Trinajstić information content (AvgIpc) is 2.77. The van der Waals surface area contributed by atoms with Crippen LogP contribution in [0.5, 0.6) is 0 Å². The molecule has 6 heteroatoms. The maximum Gasteiger partial charge on any atom is 0.244 e. The van der Waals surface area contributed by atoms with Gasteiger partial charge in [0.25, 0.3) is 0 Å². The fourth-order valence-corrected chi connectivity index (χ4v) is 4.06. The summed E-state index contributed by atoms with van der Waals surface area (Å²) in [4.78, 5) is 19.0. The van der Waals surface area contributed by atoms with Crippen molar-refractivity contribution in [1.82, 2.24) is 15.5 Å². The predicted octanol–water partition coefficient (Wildman–Crippen LogP) is 2.87. The van der Waals surface area contributed by atoms with Crippen molar-refractivity contribution in [3.8, 4) is 0 Å². The molecule has 0 aromatic heterocycles. The molecule has 6 nitrogen and oxygen atoms in total. The minimum Gasteiger partial charge on any atom is -0.378 e. The molecule has 0 atom stereocenters. The number of carbonyl (C=O) groups excluding carboxylic acids is 1. The molecule has 2 aliphatic rings. The Labute approximate surface area is 175 Å². The van der Waals surface area contributed by atoms with Gasteiger partial charge in [-0.1, -0.05) is 43.5 Å².